The fourth-order valence-corrected chi connectivity index (χ4v) is 5.56. The van der Waals surface area contributed by atoms with Crippen LogP contribution in [0.3, 0.4) is 0 Å². The number of fused-ring (bicyclic) bond motifs is 1. The number of hydrogen-bond acceptors (Lipinski definition) is 5. The van der Waals surface area contributed by atoms with Gasteiger partial charge in [0.2, 0.25) is 17.6 Å². The monoisotopic (exact) mass is 552 g/mol. The van der Waals surface area contributed by atoms with E-state index in [1.54, 1.807) is 22.7 Å². The molecule has 2 amide bonds. The Labute approximate surface area is 233 Å². The van der Waals surface area contributed by atoms with Crippen LogP contribution in [0, 0.1) is 17.8 Å². The molecular weight excluding hydrogens is 514 g/mol. The molecule has 2 N–H and O–H groups in total. The fourth-order valence-electron chi connectivity index (χ4n) is 5.56. The number of aryl methyl sites for hydroxylation is 1. The van der Waals surface area contributed by atoms with Gasteiger partial charge in [0.25, 0.3) is 5.91 Å². The van der Waals surface area contributed by atoms with Crippen LogP contribution in [0.4, 0.5) is 8.78 Å². The van der Waals surface area contributed by atoms with Crippen molar-refractivity contribution in [2.75, 3.05) is 0 Å². The average molecular weight is 553 g/mol. The minimum atomic E-state index is -2.68. The molecule has 10 heteroatoms. The van der Waals surface area contributed by atoms with Gasteiger partial charge in [0.1, 0.15) is 0 Å². The normalized spacial score (nSPS) is 18.9. The third kappa shape index (κ3) is 6.64. The Bertz CT molecular complexity index is 1360. The lowest BCUT2D eigenvalue weighted by Gasteiger charge is -2.33. The van der Waals surface area contributed by atoms with Crippen molar-refractivity contribution in [2.24, 2.45) is 17.8 Å². The molecule has 0 unspecified atom stereocenters. The van der Waals surface area contributed by atoms with Crippen LogP contribution in [-0.2, 0) is 11.2 Å². The highest BCUT2D eigenvalue weighted by Crippen LogP contribution is 2.42. The number of imidazole rings is 1. The van der Waals surface area contributed by atoms with Gasteiger partial charge in [-0.3, -0.25) is 19.0 Å². The van der Waals surface area contributed by atoms with E-state index in [1.165, 1.54) is 0 Å². The molecule has 2 fully saturated rings. The minimum Gasteiger partial charge on any atom is -0.347 e. The van der Waals surface area contributed by atoms with Crippen molar-refractivity contribution in [1.82, 2.24) is 30.0 Å². The second-order valence-electron chi connectivity index (χ2n) is 11.7. The molecule has 2 aliphatic rings. The average Bonchev–Trinajstić information content (AvgIpc) is 3.68. The summed E-state index contributed by atoms with van der Waals surface area (Å²) in [6, 6.07) is 4.59. The summed E-state index contributed by atoms with van der Waals surface area (Å²) in [7, 11) is 0. The summed E-state index contributed by atoms with van der Waals surface area (Å²) in [4.78, 5) is 39.7. The van der Waals surface area contributed by atoms with Gasteiger partial charge in [0, 0.05) is 49.1 Å². The number of rotatable bonds is 10. The Morgan fingerprint density at radius 2 is 1.70 bits per heavy atom. The van der Waals surface area contributed by atoms with Crippen molar-refractivity contribution in [3.8, 4) is 0 Å². The maximum Gasteiger partial charge on any atom is 0.251 e. The van der Waals surface area contributed by atoms with Crippen LogP contribution in [0.25, 0.3) is 5.78 Å². The van der Waals surface area contributed by atoms with Gasteiger partial charge in [-0.15, -0.1) is 0 Å². The topological polar surface area (TPSA) is 101 Å². The first-order valence-corrected chi connectivity index (χ1v) is 14.4. The second kappa shape index (κ2) is 11.6. The zero-order chi connectivity index (χ0) is 28.4. The number of aromatic nitrogens is 4. The van der Waals surface area contributed by atoms with Gasteiger partial charge in [-0.1, -0.05) is 20.8 Å². The van der Waals surface area contributed by atoms with E-state index in [0.717, 1.165) is 24.2 Å². The first kappa shape index (κ1) is 28.1. The molecule has 0 spiro atoms. The molecule has 5 rings (SSSR count). The van der Waals surface area contributed by atoms with E-state index in [4.69, 9.17) is 9.97 Å². The van der Waals surface area contributed by atoms with Crippen LogP contribution >= 0.6 is 0 Å². The standard InChI is InChI=1S/C30H38F2N6O2/c1-4-22-16-21(9-13-33-22)28(40)37-27(20-7-11-30(31,32)12-8-20)24-17-38-14-10-23(34-29(38)35-24)26(19-5-6-19)36-25(39)15-18(2)3/h9-10,13-14,16-20,26-27H,4-8,11-12,15H2,1-3H3,(H,36,39)(H,37,40)/t26-,27-/m0/s1. The number of amides is 2. The largest absolute Gasteiger partial charge is 0.347 e. The van der Waals surface area contributed by atoms with Gasteiger partial charge >= 0.3 is 0 Å². The van der Waals surface area contributed by atoms with Crippen molar-refractivity contribution >= 4 is 17.6 Å². The zero-order valence-corrected chi connectivity index (χ0v) is 23.4. The fraction of sp³-hybridized carbons (Fsp3) is 0.567. The Morgan fingerprint density at radius 1 is 1.02 bits per heavy atom. The third-order valence-electron chi connectivity index (χ3n) is 7.97. The first-order chi connectivity index (χ1) is 19.1. The van der Waals surface area contributed by atoms with E-state index in [1.807, 2.05) is 39.2 Å². The molecule has 0 bridgehead atoms. The lowest BCUT2D eigenvalue weighted by atomic mass is 9.81. The Morgan fingerprint density at radius 3 is 2.38 bits per heavy atom. The van der Waals surface area contributed by atoms with Gasteiger partial charge in [-0.25, -0.2) is 18.7 Å². The molecule has 3 heterocycles. The summed E-state index contributed by atoms with van der Waals surface area (Å²) in [5.41, 5.74) is 2.62. The van der Waals surface area contributed by atoms with Crippen molar-refractivity contribution in [1.29, 1.82) is 0 Å². The van der Waals surface area contributed by atoms with Crippen LogP contribution in [0.15, 0.2) is 36.8 Å². The van der Waals surface area contributed by atoms with Crippen LogP contribution < -0.4 is 10.6 Å². The maximum absolute atomic E-state index is 14.0. The first-order valence-electron chi connectivity index (χ1n) is 14.4. The molecule has 214 valence electrons. The summed E-state index contributed by atoms with van der Waals surface area (Å²) in [5, 5.41) is 6.26. The highest BCUT2D eigenvalue weighted by molar-refractivity contribution is 5.94. The van der Waals surface area contributed by atoms with Crippen molar-refractivity contribution < 1.29 is 18.4 Å². The molecule has 2 atom stereocenters. The van der Waals surface area contributed by atoms with Crippen LogP contribution in [0.5, 0.6) is 0 Å². The van der Waals surface area contributed by atoms with E-state index in [9.17, 15) is 18.4 Å². The predicted molar refractivity (Wildman–Crippen MR) is 147 cm³/mol. The molecule has 3 aromatic heterocycles. The SMILES string of the molecule is CCc1cc(C(=O)N[C@H](c2cn3ccc([C@@H](NC(=O)CC(C)C)C4CC4)nc3n2)C2CCC(F)(F)CC2)ccn1. The van der Waals surface area contributed by atoms with Crippen molar-refractivity contribution in [2.45, 2.75) is 90.1 Å². The number of carbonyl (C=O) groups is 2. The second-order valence-corrected chi connectivity index (χ2v) is 11.7. The van der Waals surface area contributed by atoms with Crippen molar-refractivity contribution in [3.05, 3.63) is 59.4 Å². The number of alkyl halides is 2. The number of hydrogen-bond donors (Lipinski definition) is 2. The summed E-state index contributed by atoms with van der Waals surface area (Å²) in [5.74, 6) is -2.07. The zero-order valence-electron chi connectivity index (χ0n) is 23.4. The number of nitrogens with one attached hydrogen (secondary N) is 2. The number of carbonyl (C=O) groups excluding carboxylic acids is 2. The molecule has 2 aliphatic carbocycles. The highest BCUT2D eigenvalue weighted by atomic mass is 19.3. The third-order valence-corrected chi connectivity index (χ3v) is 7.97. The minimum absolute atomic E-state index is 0.0109. The van der Waals surface area contributed by atoms with Crippen LogP contribution in [0.1, 0.15) is 105 Å². The lowest BCUT2D eigenvalue weighted by Crippen LogP contribution is -2.37. The summed E-state index contributed by atoms with van der Waals surface area (Å²) in [6.07, 6.45) is 8.65. The summed E-state index contributed by atoms with van der Waals surface area (Å²) < 4.78 is 29.8. The Hall–Kier alpha value is -3.43. The predicted octanol–water partition coefficient (Wildman–Crippen LogP) is 5.60. The molecular formula is C30H38F2N6O2. The van der Waals surface area contributed by atoms with E-state index >= 15 is 0 Å². The lowest BCUT2D eigenvalue weighted by molar-refractivity contribution is -0.122. The molecule has 2 saturated carbocycles. The molecule has 0 aliphatic heterocycles. The van der Waals surface area contributed by atoms with Gasteiger partial charge in [-0.2, -0.15) is 0 Å². The molecule has 0 radical (unpaired) electrons. The smallest absolute Gasteiger partial charge is 0.251 e. The van der Waals surface area contributed by atoms with Gasteiger partial charge in [0.15, 0.2) is 0 Å². The number of pyridine rings is 1. The molecule has 8 nitrogen and oxygen atoms in total. The molecule has 0 aromatic carbocycles. The van der Waals surface area contributed by atoms with Gasteiger partial charge in [0.05, 0.1) is 23.5 Å². The van der Waals surface area contributed by atoms with Gasteiger partial charge in [-0.05, 0) is 68.1 Å². The quantitative estimate of drug-likeness (QED) is 0.341. The Balaban J connectivity index is 1.42. The van der Waals surface area contributed by atoms with E-state index in [0.29, 0.717) is 35.8 Å². The Kier molecular flexibility index (Phi) is 8.14. The van der Waals surface area contributed by atoms with Crippen molar-refractivity contribution in [3.63, 3.8) is 0 Å². The summed E-state index contributed by atoms with van der Waals surface area (Å²) in [6.45, 7) is 6.00. The highest BCUT2D eigenvalue weighted by Gasteiger charge is 2.40. The van der Waals surface area contributed by atoms with Crippen LogP contribution in [-0.4, -0.2) is 37.1 Å². The van der Waals surface area contributed by atoms with Gasteiger partial charge < -0.3 is 10.6 Å². The molecule has 3 aromatic rings. The molecule has 40 heavy (non-hydrogen) atoms. The van der Waals surface area contributed by atoms with E-state index < -0.39 is 12.0 Å². The maximum atomic E-state index is 14.0. The molecule has 0 saturated heterocycles. The summed E-state index contributed by atoms with van der Waals surface area (Å²) >= 11 is 0. The number of nitrogens with zero attached hydrogens (tertiary/aromatic N) is 4. The van der Waals surface area contributed by atoms with Crippen LogP contribution in [0.2, 0.25) is 0 Å². The van der Waals surface area contributed by atoms with E-state index in [-0.39, 0.29) is 55.4 Å². The van der Waals surface area contributed by atoms with E-state index in [2.05, 4.69) is 15.6 Å². The number of halogens is 2.